The van der Waals surface area contributed by atoms with E-state index in [1.54, 1.807) is 0 Å². The van der Waals surface area contributed by atoms with E-state index < -0.39 is 19.8 Å². The minimum absolute atomic E-state index is 0.566. The number of ether oxygens (including phenoxy) is 1. The number of rotatable bonds is 3. The summed E-state index contributed by atoms with van der Waals surface area (Å²) in [5.41, 5.74) is 0. The van der Waals surface area contributed by atoms with Gasteiger partial charge in [-0.3, -0.25) is 0 Å². The van der Waals surface area contributed by atoms with Crippen LogP contribution in [0.25, 0.3) is 0 Å². The van der Waals surface area contributed by atoms with Crippen molar-refractivity contribution in [3.05, 3.63) is 0 Å². The molecule has 0 aliphatic heterocycles. The van der Waals surface area contributed by atoms with Gasteiger partial charge >= 0.3 is 0 Å². The van der Waals surface area contributed by atoms with Crippen LogP contribution in [0, 0.1) is 0 Å². The van der Waals surface area contributed by atoms with Crippen LogP contribution >= 0.6 is 0 Å². The smallest absolute Gasteiger partial charge is 0.191 e. The van der Waals surface area contributed by atoms with Crippen molar-refractivity contribution in [2.45, 2.75) is 6.29 Å². The molecule has 0 saturated carbocycles. The van der Waals surface area contributed by atoms with Gasteiger partial charge in [0.15, 0.2) is 13.2 Å². The zero-order valence-corrected chi connectivity index (χ0v) is 3.67. The molecule has 0 aliphatic carbocycles. The van der Waals surface area contributed by atoms with Crippen molar-refractivity contribution in [2.24, 2.45) is 0 Å². The Morgan fingerprint density at radius 2 is 2.29 bits per heavy atom. The number of aliphatic hydroxyl groups excluding tert-OH is 2. The summed E-state index contributed by atoms with van der Waals surface area (Å²) in [6.45, 7) is -1.63. The molecule has 0 amide bonds. The summed E-state index contributed by atoms with van der Waals surface area (Å²) >= 11 is 0. The lowest BCUT2D eigenvalue weighted by Crippen LogP contribution is -2.15. The first-order valence-corrected chi connectivity index (χ1v) is 1.77. The van der Waals surface area contributed by atoms with E-state index in [1.807, 2.05) is 0 Å². The molecule has 0 heterocycles. The van der Waals surface area contributed by atoms with E-state index in [2.05, 4.69) is 4.74 Å². The lowest BCUT2D eigenvalue weighted by Gasteiger charge is -2.01. The molecule has 0 aromatic heterocycles. The Bertz CT molecular complexity index is 41.2. The van der Waals surface area contributed by atoms with Gasteiger partial charge in [0.1, 0.15) is 0 Å². The first kappa shape index (κ1) is 6.81. The van der Waals surface area contributed by atoms with Crippen molar-refractivity contribution in [1.29, 1.82) is 0 Å². The van der Waals surface area contributed by atoms with Crippen LogP contribution in [0.3, 0.4) is 0 Å². The highest BCUT2D eigenvalue weighted by atomic mass is 19.1. The summed E-state index contributed by atoms with van der Waals surface area (Å²) in [7, 11) is 0. The molecule has 44 valence electrons. The van der Waals surface area contributed by atoms with E-state index in [1.165, 1.54) is 0 Å². The molecule has 0 rings (SSSR count). The number of alkyl halides is 1. The summed E-state index contributed by atoms with van der Waals surface area (Å²) in [5, 5.41) is 16.1. The molecule has 7 heavy (non-hydrogen) atoms. The maximum Gasteiger partial charge on any atom is 0.191 e. The molecule has 0 aromatic carbocycles. The molecule has 0 radical (unpaired) electrons. The van der Waals surface area contributed by atoms with Crippen LogP contribution in [0.5, 0.6) is 0 Å². The Labute approximate surface area is 40.3 Å². The Morgan fingerprint density at radius 1 is 1.71 bits per heavy atom. The summed E-state index contributed by atoms with van der Waals surface area (Å²) in [5.74, 6) is 0. The molecule has 0 spiro atoms. The second-order valence-corrected chi connectivity index (χ2v) is 0.913. The third-order valence-corrected chi connectivity index (χ3v) is 0.412. The Kier molecular flexibility index (Phi) is 3.87. The van der Waals surface area contributed by atoms with Crippen molar-refractivity contribution in [1.82, 2.24) is 0 Å². The minimum Gasteiger partial charge on any atom is -0.391 e. The highest BCUT2D eigenvalue weighted by molar-refractivity contribution is 4.27. The van der Waals surface area contributed by atoms with Crippen molar-refractivity contribution in [2.75, 3.05) is 13.5 Å². The van der Waals surface area contributed by atoms with Crippen LogP contribution in [0.4, 0.5) is 4.39 Å². The normalized spacial score (nSPS) is 14.1. The van der Waals surface area contributed by atoms with Crippen LogP contribution in [0.1, 0.15) is 0 Å². The Hall–Kier alpha value is -0.190. The molecule has 3 nitrogen and oxygen atoms in total. The molecular formula is C3H7FO3. The van der Waals surface area contributed by atoms with E-state index >= 15 is 0 Å². The monoisotopic (exact) mass is 110 g/mol. The zero-order valence-electron chi connectivity index (χ0n) is 3.67. The quantitative estimate of drug-likeness (QED) is 0.469. The van der Waals surface area contributed by atoms with Crippen LogP contribution in [0.15, 0.2) is 0 Å². The Morgan fingerprint density at radius 3 is 2.43 bits per heavy atom. The fraction of sp³-hybridized carbons (Fsp3) is 1.00. The maximum absolute atomic E-state index is 10.9. The molecule has 1 unspecified atom stereocenters. The number of aliphatic hydroxyl groups is 2. The van der Waals surface area contributed by atoms with Gasteiger partial charge in [-0.2, -0.15) is 0 Å². The summed E-state index contributed by atoms with van der Waals surface area (Å²) in [6, 6.07) is 0. The van der Waals surface area contributed by atoms with E-state index in [9.17, 15) is 4.39 Å². The average molecular weight is 110 g/mol. The van der Waals surface area contributed by atoms with Crippen molar-refractivity contribution < 1.29 is 19.3 Å². The highest BCUT2D eigenvalue weighted by Crippen LogP contribution is 1.82. The lowest BCUT2D eigenvalue weighted by molar-refractivity contribution is -0.148. The highest BCUT2D eigenvalue weighted by Gasteiger charge is 1.96. The van der Waals surface area contributed by atoms with Crippen LogP contribution in [-0.4, -0.2) is 30.0 Å². The summed E-state index contributed by atoms with van der Waals surface area (Å²) < 4.78 is 14.8. The van der Waals surface area contributed by atoms with E-state index in [-0.39, 0.29) is 0 Å². The molecule has 0 aliphatic rings. The Balaban J connectivity index is 2.83. The first-order chi connectivity index (χ1) is 3.31. The molecule has 0 aromatic rings. The van der Waals surface area contributed by atoms with Gasteiger partial charge in [-0.05, 0) is 0 Å². The maximum atomic E-state index is 10.9. The van der Waals surface area contributed by atoms with Crippen LogP contribution < -0.4 is 0 Å². The lowest BCUT2D eigenvalue weighted by atomic mass is 10.7. The third kappa shape index (κ3) is 3.65. The molecule has 0 saturated heterocycles. The number of hydrogen-bond acceptors (Lipinski definition) is 3. The van der Waals surface area contributed by atoms with Crippen molar-refractivity contribution >= 4 is 0 Å². The molecule has 0 bridgehead atoms. The standard InChI is InChI=1S/C3H7FO3/c4-2-7-3(6)1-5/h3,5-6H,1-2H2. The van der Waals surface area contributed by atoms with Crippen molar-refractivity contribution in [3.8, 4) is 0 Å². The van der Waals surface area contributed by atoms with Gasteiger partial charge in [-0.25, -0.2) is 4.39 Å². The number of halogens is 1. The van der Waals surface area contributed by atoms with Gasteiger partial charge < -0.3 is 14.9 Å². The molecule has 0 fully saturated rings. The molecule has 2 N–H and O–H groups in total. The van der Waals surface area contributed by atoms with Crippen LogP contribution in [0.2, 0.25) is 0 Å². The SMILES string of the molecule is OCC(O)OCF. The molecule has 1 atom stereocenters. The van der Waals surface area contributed by atoms with Gasteiger partial charge in [-0.15, -0.1) is 0 Å². The summed E-state index contributed by atoms with van der Waals surface area (Å²) in [6.07, 6.45) is -1.37. The van der Waals surface area contributed by atoms with Gasteiger partial charge in [0.2, 0.25) is 0 Å². The van der Waals surface area contributed by atoms with Gasteiger partial charge in [0.25, 0.3) is 0 Å². The molecule has 4 heteroatoms. The second kappa shape index (κ2) is 3.98. The largest absolute Gasteiger partial charge is 0.391 e. The van der Waals surface area contributed by atoms with Gasteiger partial charge in [0.05, 0.1) is 6.61 Å². The van der Waals surface area contributed by atoms with E-state index in [0.29, 0.717) is 0 Å². The fourth-order valence-electron chi connectivity index (χ4n) is 0.125. The van der Waals surface area contributed by atoms with E-state index in [0.717, 1.165) is 0 Å². The summed E-state index contributed by atoms with van der Waals surface area (Å²) in [4.78, 5) is 0. The number of hydrogen-bond donors (Lipinski definition) is 2. The predicted octanol–water partition coefficient (Wildman–Crippen LogP) is -0.759. The van der Waals surface area contributed by atoms with Gasteiger partial charge in [0, 0.05) is 0 Å². The minimum atomic E-state index is -1.37. The van der Waals surface area contributed by atoms with E-state index in [4.69, 9.17) is 10.2 Å². The van der Waals surface area contributed by atoms with Gasteiger partial charge in [-0.1, -0.05) is 0 Å². The molecular weight excluding hydrogens is 103 g/mol. The predicted molar refractivity (Wildman–Crippen MR) is 20.2 cm³/mol. The first-order valence-electron chi connectivity index (χ1n) is 1.77. The zero-order chi connectivity index (χ0) is 5.70. The average Bonchev–Trinajstić information content (AvgIpc) is 1.68. The fourth-order valence-corrected chi connectivity index (χ4v) is 0.125. The van der Waals surface area contributed by atoms with Crippen LogP contribution in [-0.2, 0) is 4.74 Å². The third-order valence-electron chi connectivity index (χ3n) is 0.412. The second-order valence-electron chi connectivity index (χ2n) is 0.913. The van der Waals surface area contributed by atoms with Crippen molar-refractivity contribution in [3.63, 3.8) is 0 Å². The topological polar surface area (TPSA) is 49.7 Å².